The highest BCUT2D eigenvalue weighted by Crippen LogP contribution is 2.25. The first-order chi connectivity index (χ1) is 8.93. The van der Waals surface area contributed by atoms with Gasteiger partial charge in [0.05, 0.1) is 6.33 Å². The topological polar surface area (TPSA) is 52.7 Å². The number of anilines is 1. The summed E-state index contributed by atoms with van der Waals surface area (Å²) in [6.07, 6.45) is 5.74. The smallest absolute Gasteiger partial charge is 0.0921 e. The van der Waals surface area contributed by atoms with Crippen molar-refractivity contribution in [3.8, 4) is 0 Å². The van der Waals surface area contributed by atoms with Crippen LogP contribution in [0.4, 0.5) is 5.69 Å². The number of benzene rings is 1. The molecule has 3 N–H and O–H groups in total. The molecule has 0 saturated carbocycles. The number of fused-ring (bicyclic) bond motifs is 1. The summed E-state index contributed by atoms with van der Waals surface area (Å²) in [5.74, 6) is 0. The normalized spacial score (nSPS) is 13.3. The molecule has 1 aliphatic heterocycles. The van der Waals surface area contributed by atoms with Gasteiger partial charge in [-0.3, -0.25) is 0 Å². The molecule has 4 nitrogen and oxygen atoms in total. The minimum atomic E-state index is 0.921. The minimum absolute atomic E-state index is 0.921. The lowest BCUT2D eigenvalue weighted by Gasteiger charge is -2.09. The Bertz CT molecular complexity index is 505. The summed E-state index contributed by atoms with van der Waals surface area (Å²) in [6, 6.07) is 6.56. The van der Waals surface area contributed by atoms with E-state index in [9.17, 15) is 0 Å². The van der Waals surface area contributed by atoms with Crippen molar-refractivity contribution in [3.63, 3.8) is 0 Å². The van der Waals surface area contributed by atoms with Crippen molar-refractivity contribution in [2.24, 2.45) is 0 Å². The number of hydrogen-bond donors (Lipinski definition) is 3. The van der Waals surface area contributed by atoms with Gasteiger partial charge in [0, 0.05) is 43.6 Å². The maximum absolute atomic E-state index is 4.01. The Morgan fingerprint density at radius 3 is 3.22 bits per heavy atom. The molecule has 0 fully saturated rings. The van der Waals surface area contributed by atoms with Crippen molar-refractivity contribution >= 4 is 5.69 Å². The van der Waals surface area contributed by atoms with Crippen molar-refractivity contribution in [2.75, 3.05) is 18.4 Å². The Morgan fingerprint density at radius 1 is 1.33 bits per heavy atom. The van der Waals surface area contributed by atoms with Gasteiger partial charge in [0.1, 0.15) is 0 Å². The third-order valence-corrected chi connectivity index (χ3v) is 3.37. The number of aromatic amines is 1. The van der Waals surface area contributed by atoms with Gasteiger partial charge in [-0.15, -0.1) is 0 Å². The Balaban J connectivity index is 1.53. The number of aromatic nitrogens is 2. The van der Waals surface area contributed by atoms with Crippen LogP contribution in [0, 0.1) is 0 Å². The first-order valence-corrected chi connectivity index (χ1v) is 6.46. The molecule has 0 radical (unpaired) electrons. The van der Waals surface area contributed by atoms with E-state index in [2.05, 4.69) is 38.8 Å². The number of nitrogens with one attached hydrogen (secondary N) is 3. The molecule has 3 rings (SSSR count). The Morgan fingerprint density at radius 2 is 2.33 bits per heavy atom. The highest BCUT2D eigenvalue weighted by molar-refractivity contribution is 5.61. The van der Waals surface area contributed by atoms with Crippen LogP contribution in [0.25, 0.3) is 0 Å². The van der Waals surface area contributed by atoms with E-state index in [1.165, 1.54) is 22.5 Å². The molecule has 2 aromatic rings. The number of rotatable bonds is 5. The summed E-state index contributed by atoms with van der Waals surface area (Å²) in [7, 11) is 0. The summed E-state index contributed by atoms with van der Waals surface area (Å²) < 4.78 is 0. The number of para-hydroxylation sites is 1. The molecule has 18 heavy (non-hydrogen) atoms. The molecule has 94 valence electrons. The number of H-pyrrole nitrogens is 1. The Labute approximate surface area is 107 Å². The van der Waals surface area contributed by atoms with Gasteiger partial charge < -0.3 is 15.6 Å². The fourth-order valence-corrected chi connectivity index (χ4v) is 2.43. The average Bonchev–Trinajstić information content (AvgIpc) is 3.05. The summed E-state index contributed by atoms with van der Waals surface area (Å²) in [4.78, 5) is 7.13. The Hall–Kier alpha value is -1.81. The average molecular weight is 242 g/mol. The minimum Gasteiger partial charge on any atom is -0.384 e. The van der Waals surface area contributed by atoms with Crippen molar-refractivity contribution in [1.82, 2.24) is 15.3 Å². The molecule has 0 saturated heterocycles. The lowest BCUT2D eigenvalue weighted by molar-refractivity contribution is 0.682. The van der Waals surface area contributed by atoms with Gasteiger partial charge in [-0.05, 0) is 17.5 Å². The van der Waals surface area contributed by atoms with Crippen LogP contribution in [0.15, 0.2) is 30.7 Å². The quantitative estimate of drug-likeness (QED) is 0.700. The van der Waals surface area contributed by atoms with E-state index in [0.29, 0.717) is 0 Å². The molecule has 1 aromatic carbocycles. The fraction of sp³-hybridized carbons (Fsp3) is 0.357. The van der Waals surface area contributed by atoms with Crippen molar-refractivity contribution in [3.05, 3.63) is 47.5 Å². The SMILES string of the molecule is c1cc2c(c(CNCCc3cnc[nH]3)c1)NCC2. The molecular weight excluding hydrogens is 224 g/mol. The van der Waals surface area contributed by atoms with Crippen LogP contribution in [0.1, 0.15) is 16.8 Å². The first kappa shape index (κ1) is 11.3. The summed E-state index contributed by atoms with van der Waals surface area (Å²) in [6.45, 7) is 2.96. The van der Waals surface area contributed by atoms with Gasteiger partial charge in [-0.1, -0.05) is 18.2 Å². The van der Waals surface area contributed by atoms with E-state index in [1.807, 2.05) is 6.20 Å². The highest BCUT2D eigenvalue weighted by Gasteiger charge is 2.12. The second-order valence-corrected chi connectivity index (χ2v) is 4.63. The predicted octanol–water partition coefficient (Wildman–Crippen LogP) is 1.71. The summed E-state index contributed by atoms with van der Waals surface area (Å²) >= 11 is 0. The standard InChI is InChI=1S/C14H18N4/c1-2-11-4-7-17-14(11)12(3-1)8-15-6-5-13-9-16-10-18-13/h1-3,9-10,15,17H,4-8H2,(H,16,18). The van der Waals surface area contributed by atoms with Crippen molar-refractivity contribution in [1.29, 1.82) is 0 Å². The lowest BCUT2D eigenvalue weighted by atomic mass is 10.1. The van der Waals surface area contributed by atoms with Crippen molar-refractivity contribution < 1.29 is 0 Å². The molecule has 0 aliphatic carbocycles. The second kappa shape index (κ2) is 5.23. The fourth-order valence-electron chi connectivity index (χ4n) is 2.43. The molecular formula is C14H18N4. The maximum Gasteiger partial charge on any atom is 0.0921 e. The molecule has 0 spiro atoms. The first-order valence-electron chi connectivity index (χ1n) is 6.46. The summed E-state index contributed by atoms with van der Waals surface area (Å²) in [5.41, 5.74) is 5.34. The highest BCUT2D eigenvalue weighted by atomic mass is 14.9. The van der Waals surface area contributed by atoms with Crippen LogP contribution in [-0.4, -0.2) is 23.1 Å². The van der Waals surface area contributed by atoms with Crippen LogP contribution in [0.5, 0.6) is 0 Å². The van der Waals surface area contributed by atoms with Crippen LogP contribution in [0.3, 0.4) is 0 Å². The number of nitrogens with zero attached hydrogens (tertiary/aromatic N) is 1. The second-order valence-electron chi connectivity index (χ2n) is 4.63. The maximum atomic E-state index is 4.01. The van der Waals surface area contributed by atoms with E-state index >= 15 is 0 Å². The van der Waals surface area contributed by atoms with Crippen LogP contribution < -0.4 is 10.6 Å². The molecule has 2 heterocycles. The molecule has 4 heteroatoms. The van der Waals surface area contributed by atoms with E-state index in [4.69, 9.17) is 0 Å². The van der Waals surface area contributed by atoms with Crippen LogP contribution in [-0.2, 0) is 19.4 Å². The molecule has 0 amide bonds. The molecule has 1 aliphatic rings. The lowest BCUT2D eigenvalue weighted by Crippen LogP contribution is -2.17. The number of imidazole rings is 1. The van der Waals surface area contributed by atoms with E-state index in [1.54, 1.807) is 6.33 Å². The van der Waals surface area contributed by atoms with Crippen LogP contribution >= 0.6 is 0 Å². The van der Waals surface area contributed by atoms with Gasteiger partial charge in [0.2, 0.25) is 0 Å². The van der Waals surface area contributed by atoms with E-state index < -0.39 is 0 Å². The van der Waals surface area contributed by atoms with Crippen molar-refractivity contribution in [2.45, 2.75) is 19.4 Å². The zero-order chi connectivity index (χ0) is 12.2. The Kier molecular flexibility index (Phi) is 3.28. The van der Waals surface area contributed by atoms with E-state index in [-0.39, 0.29) is 0 Å². The predicted molar refractivity (Wildman–Crippen MR) is 72.6 cm³/mol. The number of hydrogen-bond acceptors (Lipinski definition) is 3. The zero-order valence-corrected chi connectivity index (χ0v) is 10.4. The molecule has 1 aromatic heterocycles. The van der Waals surface area contributed by atoms with Gasteiger partial charge in [0.15, 0.2) is 0 Å². The monoisotopic (exact) mass is 242 g/mol. The van der Waals surface area contributed by atoms with E-state index in [0.717, 1.165) is 32.5 Å². The largest absolute Gasteiger partial charge is 0.384 e. The molecule has 0 atom stereocenters. The molecule has 0 unspecified atom stereocenters. The van der Waals surface area contributed by atoms with Gasteiger partial charge in [-0.2, -0.15) is 0 Å². The summed E-state index contributed by atoms with van der Waals surface area (Å²) in [5, 5.41) is 6.95. The van der Waals surface area contributed by atoms with Gasteiger partial charge in [0.25, 0.3) is 0 Å². The zero-order valence-electron chi connectivity index (χ0n) is 10.4. The van der Waals surface area contributed by atoms with Gasteiger partial charge in [-0.25, -0.2) is 4.98 Å². The molecule has 0 bridgehead atoms. The third-order valence-electron chi connectivity index (χ3n) is 3.37. The van der Waals surface area contributed by atoms with Crippen LogP contribution in [0.2, 0.25) is 0 Å². The van der Waals surface area contributed by atoms with Gasteiger partial charge >= 0.3 is 0 Å². The third kappa shape index (κ3) is 2.38.